The zero-order chi connectivity index (χ0) is 19.0. The Bertz CT molecular complexity index is 1250. The van der Waals surface area contributed by atoms with Crippen molar-refractivity contribution in [3.8, 4) is 11.8 Å². The van der Waals surface area contributed by atoms with Crippen LogP contribution in [0.1, 0.15) is 17.0 Å². The van der Waals surface area contributed by atoms with E-state index in [2.05, 4.69) is 32.1 Å². The summed E-state index contributed by atoms with van der Waals surface area (Å²) in [5, 5.41) is 14.6. The summed E-state index contributed by atoms with van der Waals surface area (Å²) in [6.45, 7) is 1.99. The summed E-state index contributed by atoms with van der Waals surface area (Å²) in [5.41, 5.74) is 3.05. The number of nitrogens with zero attached hydrogens (tertiary/aromatic N) is 5. The van der Waals surface area contributed by atoms with Gasteiger partial charge in [0.25, 0.3) is 5.56 Å². The number of halogens is 1. The molecule has 4 rings (SSSR count). The molecule has 0 bridgehead atoms. The molecule has 0 fully saturated rings. The number of rotatable bonds is 3. The molecular weight excluding hydrogens is 406 g/mol. The molecule has 2 aromatic heterocycles. The lowest BCUT2D eigenvalue weighted by Crippen LogP contribution is -2.23. The lowest BCUT2D eigenvalue weighted by Gasteiger charge is -2.10. The Kier molecular flexibility index (Phi) is 4.34. The van der Waals surface area contributed by atoms with Crippen LogP contribution < -0.4 is 5.56 Å². The van der Waals surface area contributed by atoms with Crippen LogP contribution in [0.4, 0.5) is 0 Å². The third-order valence-corrected chi connectivity index (χ3v) is 4.87. The lowest BCUT2D eigenvalue weighted by atomic mass is 10.2. The van der Waals surface area contributed by atoms with E-state index in [0.29, 0.717) is 27.9 Å². The van der Waals surface area contributed by atoms with Gasteiger partial charge in [-0.1, -0.05) is 34.1 Å². The Labute approximate surface area is 163 Å². The molecule has 4 aromatic rings. The minimum absolute atomic E-state index is 0.163. The molecule has 6 nitrogen and oxygen atoms in total. The van der Waals surface area contributed by atoms with E-state index in [9.17, 15) is 10.1 Å². The highest BCUT2D eigenvalue weighted by Crippen LogP contribution is 2.20. The van der Waals surface area contributed by atoms with E-state index >= 15 is 0 Å². The highest BCUT2D eigenvalue weighted by atomic mass is 79.9. The van der Waals surface area contributed by atoms with Gasteiger partial charge in [0, 0.05) is 4.47 Å². The first kappa shape index (κ1) is 17.2. The normalized spacial score (nSPS) is 10.9. The van der Waals surface area contributed by atoms with Crippen LogP contribution in [-0.2, 0) is 6.54 Å². The maximum Gasteiger partial charge on any atom is 0.261 e. The highest BCUT2D eigenvalue weighted by molar-refractivity contribution is 9.10. The van der Waals surface area contributed by atoms with Crippen molar-refractivity contribution in [2.24, 2.45) is 0 Å². The smallest absolute Gasteiger partial charge is 0.261 e. The first-order valence-electron chi connectivity index (χ1n) is 8.27. The van der Waals surface area contributed by atoms with Crippen molar-refractivity contribution in [1.29, 1.82) is 5.26 Å². The van der Waals surface area contributed by atoms with Gasteiger partial charge in [-0.05, 0) is 37.3 Å². The van der Waals surface area contributed by atoms with E-state index in [1.54, 1.807) is 23.7 Å². The van der Waals surface area contributed by atoms with Gasteiger partial charge in [-0.3, -0.25) is 9.36 Å². The Morgan fingerprint density at radius 2 is 1.96 bits per heavy atom. The van der Waals surface area contributed by atoms with Gasteiger partial charge < -0.3 is 0 Å². The molecule has 0 spiro atoms. The van der Waals surface area contributed by atoms with Crippen molar-refractivity contribution >= 4 is 26.8 Å². The minimum atomic E-state index is -0.163. The van der Waals surface area contributed by atoms with E-state index in [1.807, 2.05) is 36.4 Å². The van der Waals surface area contributed by atoms with Gasteiger partial charge in [-0.2, -0.15) is 10.4 Å². The Morgan fingerprint density at radius 3 is 2.70 bits per heavy atom. The third kappa shape index (κ3) is 3.04. The number of hydrogen-bond acceptors (Lipinski definition) is 4. The van der Waals surface area contributed by atoms with Crippen LogP contribution in [0.3, 0.4) is 0 Å². The number of fused-ring (bicyclic) bond motifs is 1. The van der Waals surface area contributed by atoms with Crippen LogP contribution in [-0.4, -0.2) is 19.3 Å². The number of aromatic nitrogens is 4. The van der Waals surface area contributed by atoms with Crippen molar-refractivity contribution in [1.82, 2.24) is 19.3 Å². The SMILES string of the molecule is Cc1nn(-c2ccccc2)c(Cn2cnc3ccc(Br)cc3c2=O)c1C#N. The molecule has 0 aliphatic carbocycles. The quantitative estimate of drug-likeness (QED) is 0.508. The van der Waals surface area contributed by atoms with Gasteiger partial charge in [0.1, 0.15) is 6.07 Å². The summed E-state index contributed by atoms with van der Waals surface area (Å²) in [5.74, 6) is 0. The summed E-state index contributed by atoms with van der Waals surface area (Å²) >= 11 is 3.39. The first-order valence-corrected chi connectivity index (χ1v) is 9.06. The number of aryl methyl sites for hydroxylation is 1. The zero-order valence-electron chi connectivity index (χ0n) is 14.4. The fourth-order valence-corrected chi connectivity index (χ4v) is 3.42. The number of para-hydroxylation sites is 1. The molecule has 0 saturated carbocycles. The monoisotopic (exact) mass is 419 g/mol. The second kappa shape index (κ2) is 6.82. The molecule has 0 aliphatic heterocycles. The summed E-state index contributed by atoms with van der Waals surface area (Å²) in [6, 6.07) is 17.2. The fourth-order valence-electron chi connectivity index (χ4n) is 3.05. The van der Waals surface area contributed by atoms with Gasteiger partial charge in [-0.25, -0.2) is 9.67 Å². The maximum absolute atomic E-state index is 12.9. The van der Waals surface area contributed by atoms with Gasteiger partial charge in [0.15, 0.2) is 0 Å². The van der Waals surface area contributed by atoms with Crippen LogP contribution in [0.2, 0.25) is 0 Å². The number of nitriles is 1. The van der Waals surface area contributed by atoms with Crippen molar-refractivity contribution in [2.75, 3.05) is 0 Å². The molecule has 7 heteroatoms. The van der Waals surface area contributed by atoms with Gasteiger partial charge in [0.05, 0.1) is 46.4 Å². The Morgan fingerprint density at radius 1 is 1.19 bits per heavy atom. The highest BCUT2D eigenvalue weighted by Gasteiger charge is 2.18. The molecule has 0 aliphatic rings. The average Bonchev–Trinajstić information content (AvgIpc) is 3.00. The van der Waals surface area contributed by atoms with Crippen molar-refractivity contribution < 1.29 is 0 Å². The average molecular weight is 420 g/mol. The molecule has 2 heterocycles. The second-order valence-corrected chi connectivity index (χ2v) is 7.02. The van der Waals surface area contributed by atoms with E-state index in [1.165, 1.54) is 10.9 Å². The topological polar surface area (TPSA) is 76.5 Å². The fraction of sp³-hybridized carbons (Fsp3) is 0.100. The van der Waals surface area contributed by atoms with Gasteiger partial charge in [-0.15, -0.1) is 0 Å². The largest absolute Gasteiger partial charge is 0.293 e. The standard InChI is InChI=1S/C20H14BrN5O/c1-13-17(10-22)19(26(24-13)15-5-3-2-4-6-15)11-25-12-23-18-8-7-14(21)9-16(18)20(25)27/h2-9,12H,11H2,1H3. The minimum Gasteiger partial charge on any atom is -0.293 e. The van der Waals surface area contributed by atoms with Gasteiger partial charge >= 0.3 is 0 Å². The summed E-state index contributed by atoms with van der Waals surface area (Å²) in [7, 11) is 0. The molecule has 0 amide bonds. The molecular formula is C20H14BrN5O. The zero-order valence-corrected chi connectivity index (χ0v) is 16.0. The maximum atomic E-state index is 12.9. The van der Waals surface area contributed by atoms with Crippen molar-refractivity contribution in [3.05, 3.63) is 86.6 Å². The summed E-state index contributed by atoms with van der Waals surface area (Å²) in [4.78, 5) is 17.3. The van der Waals surface area contributed by atoms with Crippen LogP contribution in [0.25, 0.3) is 16.6 Å². The number of hydrogen-bond donors (Lipinski definition) is 0. The molecule has 132 valence electrons. The summed E-state index contributed by atoms with van der Waals surface area (Å²) in [6.07, 6.45) is 1.51. The van der Waals surface area contributed by atoms with Gasteiger partial charge in [0.2, 0.25) is 0 Å². The predicted molar refractivity (Wildman–Crippen MR) is 106 cm³/mol. The van der Waals surface area contributed by atoms with Crippen molar-refractivity contribution in [3.63, 3.8) is 0 Å². The number of benzene rings is 2. The molecule has 0 radical (unpaired) electrons. The van der Waals surface area contributed by atoms with E-state index in [0.717, 1.165) is 10.2 Å². The second-order valence-electron chi connectivity index (χ2n) is 6.11. The van der Waals surface area contributed by atoms with Crippen LogP contribution >= 0.6 is 15.9 Å². The van der Waals surface area contributed by atoms with Crippen LogP contribution in [0.15, 0.2) is 64.1 Å². The van der Waals surface area contributed by atoms with E-state index in [4.69, 9.17) is 0 Å². The van der Waals surface area contributed by atoms with Crippen LogP contribution in [0.5, 0.6) is 0 Å². The first-order chi connectivity index (χ1) is 13.1. The predicted octanol–water partition coefficient (Wildman–Crippen LogP) is 3.57. The molecule has 0 N–H and O–H groups in total. The van der Waals surface area contributed by atoms with E-state index < -0.39 is 0 Å². The van der Waals surface area contributed by atoms with Crippen LogP contribution in [0, 0.1) is 18.3 Å². The molecule has 0 unspecified atom stereocenters. The molecule has 0 saturated heterocycles. The summed E-state index contributed by atoms with van der Waals surface area (Å²) < 4.78 is 4.03. The Balaban J connectivity index is 1.88. The molecule has 27 heavy (non-hydrogen) atoms. The van der Waals surface area contributed by atoms with Crippen molar-refractivity contribution in [2.45, 2.75) is 13.5 Å². The van der Waals surface area contributed by atoms with E-state index in [-0.39, 0.29) is 12.1 Å². The Hall–Kier alpha value is -3.24. The third-order valence-electron chi connectivity index (χ3n) is 4.37. The molecule has 2 aromatic carbocycles. The lowest BCUT2D eigenvalue weighted by molar-refractivity contribution is 0.689. The molecule has 0 atom stereocenters.